The van der Waals surface area contributed by atoms with Gasteiger partial charge in [0.1, 0.15) is 0 Å². The van der Waals surface area contributed by atoms with Gasteiger partial charge in [-0.2, -0.15) is 0 Å². The highest BCUT2D eigenvalue weighted by molar-refractivity contribution is 6.31. The Morgan fingerprint density at radius 2 is 1.76 bits per heavy atom. The van der Waals surface area contributed by atoms with Gasteiger partial charge >= 0.3 is 0 Å². The lowest BCUT2D eigenvalue weighted by Crippen LogP contribution is -2.52. The van der Waals surface area contributed by atoms with E-state index in [-0.39, 0.29) is 23.3 Å². The maximum absolute atomic E-state index is 6.49. The van der Waals surface area contributed by atoms with Crippen molar-refractivity contribution in [3.8, 4) is 0 Å². The van der Waals surface area contributed by atoms with E-state index in [0.29, 0.717) is 12.0 Å². The molecule has 1 aromatic rings. The van der Waals surface area contributed by atoms with E-state index in [2.05, 4.69) is 45.0 Å². The molecule has 0 heterocycles. The molecule has 21 heavy (non-hydrogen) atoms. The molecule has 0 radical (unpaired) electrons. The molecule has 1 aliphatic carbocycles. The molecular weight excluding hydrogens is 305 g/mol. The molecule has 1 saturated carbocycles. The summed E-state index contributed by atoms with van der Waals surface area (Å²) in [5.41, 5.74) is 1.63. The topological polar surface area (TPSA) is 34.7 Å². The number of hydrogen-bond acceptors (Lipinski definition) is 1. The molecule has 1 unspecified atom stereocenters. The van der Waals surface area contributed by atoms with Crippen LogP contribution >= 0.6 is 24.0 Å². The zero-order valence-electron chi connectivity index (χ0n) is 13.5. The summed E-state index contributed by atoms with van der Waals surface area (Å²) in [6.45, 7) is 4.63. The third-order valence-corrected chi connectivity index (χ3v) is 4.94. The number of halogens is 2. The van der Waals surface area contributed by atoms with Crippen LogP contribution in [0.15, 0.2) is 24.3 Å². The SMILES string of the molecule is CC(C)CC(N(C)C)C1(c2ccccc2Cl)CCC1.Cl.O. The fourth-order valence-electron chi connectivity index (χ4n) is 3.58. The van der Waals surface area contributed by atoms with Gasteiger partial charge in [0.15, 0.2) is 0 Å². The minimum atomic E-state index is 0. The van der Waals surface area contributed by atoms with Crippen LogP contribution in [-0.2, 0) is 5.41 Å². The summed E-state index contributed by atoms with van der Waals surface area (Å²) >= 11 is 6.49. The molecular formula is C17H29Cl2NO. The van der Waals surface area contributed by atoms with Gasteiger partial charge in [0.25, 0.3) is 0 Å². The average molecular weight is 334 g/mol. The van der Waals surface area contributed by atoms with Crippen LogP contribution in [0.1, 0.15) is 45.1 Å². The van der Waals surface area contributed by atoms with Crippen molar-refractivity contribution in [1.29, 1.82) is 0 Å². The van der Waals surface area contributed by atoms with Crippen LogP contribution in [0, 0.1) is 5.92 Å². The highest BCUT2D eigenvalue weighted by atomic mass is 35.5. The molecule has 2 rings (SSSR count). The van der Waals surface area contributed by atoms with Crippen LogP contribution < -0.4 is 0 Å². The molecule has 2 nitrogen and oxygen atoms in total. The van der Waals surface area contributed by atoms with Gasteiger partial charge in [-0.3, -0.25) is 0 Å². The molecule has 1 atom stereocenters. The first-order chi connectivity index (χ1) is 8.97. The Morgan fingerprint density at radius 3 is 2.14 bits per heavy atom. The second-order valence-electron chi connectivity index (χ2n) is 6.60. The predicted octanol–water partition coefficient (Wildman–Crippen LogP) is 4.34. The zero-order valence-corrected chi connectivity index (χ0v) is 15.1. The van der Waals surface area contributed by atoms with Crippen molar-refractivity contribution in [3.05, 3.63) is 34.9 Å². The van der Waals surface area contributed by atoms with E-state index in [4.69, 9.17) is 11.6 Å². The average Bonchev–Trinajstić information content (AvgIpc) is 2.28. The van der Waals surface area contributed by atoms with Crippen molar-refractivity contribution in [2.45, 2.75) is 51.0 Å². The van der Waals surface area contributed by atoms with Gasteiger partial charge in [-0.25, -0.2) is 0 Å². The number of hydrogen-bond donors (Lipinski definition) is 0. The van der Waals surface area contributed by atoms with E-state index in [1.165, 1.54) is 31.2 Å². The normalized spacial score (nSPS) is 17.7. The molecule has 122 valence electrons. The van der Waals surface area contributed by atoms with Gasteiger partial charge in [0, 0.05) is 16.5 Å². The molecule has 0 amide bonds. The summed E-state index contributed by atoms with van der Waals surface area (Å²) in [5, 5.41) is 0.942. The van der Waals surface area contributed by atoms with Gasteiger partial charge in [-0.15, -0.1) is 12.4 Å². The number of nitrogens with zero attached hydrogens (tertiary/aromatic N) is 1. The molecule has 0 aromatic heterocycles. The van der Waals surface area contributed by atoms with Crippen molar-refractivity contribution >= 4 is 24.0 Å². The highest BCUT2D eigenvalue weighted by Gasteiger charge is 2.47. The van der Waals surface area contributed by atoms with Gasteiger partial charge in [-0.05, 0) is 50.9 Å². The van der Waals surface area contributed by atoms with Crippen molar-refractivity contribution in [3.63, 3.8) is 0 Å². The summed E-state index contributed by atoms with van der Waals surface area (Å²) in [6, 6.07) is 9.02. The number of benzene rings is 1. The van der Waals surface area contributed by atoms with E-state index >= 15 is 0 Å². The fourth-order valence-corrected chi connectivity index (χ4v) is 3.91. The first-order valence-electron chi connectivity index (χ1n) is 7.39. The summed E-state index contributed by atoms with van der Waals surface area (Å²) in [5.74, 6) is 0.715. The van der Waals surface area contributed by atoms with E-state index in [0.717, 1.165) is 5.02 Å². The smallest absolute Gasteiger partial charge is 0.0444 e. The Balaban J connectivity index is 0.00000200. The monoisotopic (exact) mass is 333 g/mol. The maximum atomic E-state index is 6.49. The van der Waals surface area contributed by atoms with E-state index in [1.807, 2.05) is 12.1 Å². The number of rotatable bonds is 5. The fraction of sp³-hybridized carbons (Fsp3) is 0.647. The first-order valence-corrected chi connectivity index (χ1v) is 7.76. The van der Waals surface area contributed by atoms with Crippen molar-refractivity contribution < 1.29 is 5.48 Å². The third kappa shape index (κ3) is 4.13. The minimum Gasteiger partial charge on any atom is -0.412 e. The van der Waals surface area contributed by atoms with Crippen molar-refractivity contribution in [1.82, 2.24) is 4.90 Å². The quantitative estimate of drug-likeness (QED) is 0.789. The largest absolute Gasteiger partial charge is 0.412 e. The number of likely N-dealkylation sites (N-methyl/N-ethyl adjacent to an activating group) is 1. The molecule has 0 spiro atoms. The van der Waals surface area contributed by atoms with Crippen molar-refractivity contribution in [2.24, 2.45) is 5.92 Å². The van der Waals surface area contributed by atoms with Crippen LogP contribution in [0.2, 0.25) is 5.02 Å². The van der Waals surface area contributed by atoms with Crippen molar-refractivity contribution in [2.75, 3.05) is 14.1 Å². The summed E-state index contributed by atoms with van der Waals surface area (Å²) < 4.78 is 0. The second kappa shape index (κ2) is 8.38. The highest BCUT2D eigenvalue weighted by Crippen LogP contribution is 2.51. The van der Waals surface area contributed by atoms with E-state index < -0.39 is 0 Å². The Labute approximate surface area is 140 Å². The lowest BCUT2D eigenvalue weighted by atomic mass is 9.58. The summed E-state index contributed by atoms with van der Waals surface area (Å²) in [6.07, 6.45) is 5.10. The molecule has 1 aliphatic rings. The van der Waals surface area contributed by atoms with Crippen LogP contribution in [0.3, 0.4) is 0 Å². The first kappa shape index (κ1) is 20.7. The Morgan fingerprint density at radius 1 is 1.19 bits per heavy atom. The Bertz CT molecular complexity index is 431. The zero-order chi connectivity index (χ0) is 14.0. The second-order valence-corrected chi connectivity index (χ2v) is 7.01. The van der Waals surface area contributed by atoms with Crippen LogP contribution in [0.4, 0.5) is 0 Å². The van der Waals surface area contributed by atoms with Gasteiger partial charge < -0.3 is 10.4 Å². The minimum absolute atomic E-state index is 0. The van der Waals surface area contributed by atoms with Gasteiger partial charge in [-0.1, -0.05) is 50.1 Å². The molecule has 1 fully saturated rings. The molecule has 4 heteroatoms. The van der Waals surface area contributed by atoms with E-state index in [1.54, 1.807) is 0 Å². The van der Waals surface area contributed by atoms with Crippen LogP contribution in [-0.4, -0.2) is 30.5 Å². The Hall–Kier alpha value is -0.280. The van der Waals surface area contributed by atoms with E-state index in [9.17, 15) is 0 Å². The standard InChI is InChI=1S/C17H26ClN.ClH.H2O/c1-13(2)12-16(19(3)4)17(10-7-11-17)14-8-5-6-9-15(14)18;;/h5-6,8-9,13,16H,7,10-12H2,1-4H3;1H;1H2. The lowest BCUT2D eigenvalue weighted by Gasteiger charge is -2.51. The molecule has 0 aliphatic heterocycles. The third-order valence-electron chi connectivity index (χ3n) is 4.61. The molecule has 2 N–H and O–H groups in total. The molecule has 1 aromatic carbocycles. The lowest BCUT2D eigenvalue weighted by molar-refractivity contribution is 0.0809. The summed E-state index contributed by atoms with van der Waals surface area (Å²) in [7, 11) is 4.42. The molecule has 0 bridgehead atoms. The van der Waals surface area contributed by atoms with Crippen LogP contribution in [0.25, 0.3) is 0 Å². The van der Waals surface area contributed by atoms with Crippen LogP contribution in [0.5, 0.6) is 0 Å². The maximum Gasteiger partial charge on any atom is 0.0444 e. The summed E-state index contributed by atoms with van der Waals surface area (Å²) in [4.78, 5) is 2.41. The molecule has 0 saturated heterocycles. The predicted molar refractivity (Wildman–Crippen MR) is 94.8 cm³/mol. The van der Waals surface area contributed by atoms with Gasteiger partial charge in [0.2, 0.25) is 0 Å². The Kier molecular flexibility index (Phi) is 8.27. The van der Waals surface area contributed by atoms with Gasteiger partial charge in [0.05, 0.1) is 0 Å².